The van der Waals surface area contributed by atoms with Crippen LogP contribution in [0.15, 0.2) is 42.5 Å². The van der Waals surface area contributed by atoms with E-state index in [-0.39, 0.29) is 16.1 Å². The van der Waals surface area contributed by atoms with E-state index in [1.54, 1.807) is 12.1 Å². The van der Waals surface area contributed by atoms with E-state index in [2.05, 4.69) is 0 Å². The van der Waals surface area contributed by atoms with Crippen molar-refractivity contribution in [3.05, 3.63) is 69.7 Å². The Morgan fingerprint density at radius 3 is 2.43 bits per heavy atom. The number of aliphatic hydroxyl groups excluding tert-OH is 4. The van der Waals surface area contributed by atoms with Gasteiger partial charge in [0.05, 0.1) is 6.61 Å². The second-order valence-corrected chi connectivity index (χ2v) is 8.26. The standard InChI is InChI=1S/C23H27ClO6/c1-29-23(22(28)21(27)20(26)19(12-25)30-23)17-8-9-18(24)16(11-17)10-13-2-4-14(5-3-13)15-6-7-15/h2-5,8-9,11,15,19-22,25-28H,6-7,10,12H2,1H3/t19-,20-,21+,22-,23+/m1/s1/i10D2. The molecular weight excluding hydrogens is 408 g/mol. The summed E-state index contributed by atoms with van der Waals surface area (Å²) < 4.78 is 28.7. The average molecular weight is 437 g/mol. The molecule has 4 N–H and O–H groups in total. The number of hydrogen-bond acceptors (Lipinski definition) is 6. The molecule has 30 heavy (non-hydrogen) atoms. The van der Waals surface area contributed by atoms with Gasteiger partial charge < -0.3 is 29.9 Å². The molecular formula is C23H27ClO6. The first kappa shape index (κ1) is 19.2. The quantitative estimate of drug-likeness (QED) is 0.553. The van der Waals surface area contributed by atoms with Crippen molar-refractivity contribution in [2.24, 2.45) is 0 Å². The zero-order valence-corrected chi connectivity index (χ0v) is 17.3. The minimum Gasteiger partial charge on any atom is -0.394 e. The number of aliphatic hydroxyl groups is 4. The molecule has 1 aliphatic carbocycles. The van der Waals surface area contributed by atoms with Gasteiger partial charge in [0.15, 0.2) is 0 Å². The lowest BCUT2D eigenvalue weighted by Crippen LogP contribution is -2.64. The van der Waals surface area contributed by atoms with Gasteiger partial charge in [-0.3, -0.25) is 0 Å². The minimum absolute atomic E-state index is 0.129. The zero-order chi connectivity index (χ0) is 23.3. The molecule has 2 fully saturated rings. The molecule has 2 aromatic carbocycles. The highest BCUT2D eigenvalue weighted by Crippen LogP contribution is 2.41. The number of benzene rings is 2. The summed E-state index contributed by atoms with van der Waals surface area (Å²) >= 11 is 6.38. The largest absolute Gasteiger partial charge is 0.394 e. The fraction of sp³-hybridized carbons (Fsp3) is 0.478. The Morgan fingerprint density at radius 1 is 1.13 bits per heavy atom. The molecule has 0 amide bonds. The van der Waals surface area contributed by atoms with E-state index in [1.165, 1.54) is 30.9 Å². The molecule has 162 valence electrons. The maximum absolute atomic E-state index is 10.7. The van der Waals surface area contributed by atoms with Crippen LogP contribution in [0.25, 0.3) is 0 Å². The molecule has 0 bridgehead atoms. The fourth-order valence-electron chi connectivity index (χ4n) is 3.92. The van der Waals surface area contributed by atoms with Gasteiger partial charge in [-0.15, -0.1) is 0 Å². The molecule has 2 aromatic rings. The smallest absolute Gasteiger partial charge is 0.224 e. The van der Waals surface area contributed by atoms with Crippen molar-refractivity contribution in [2.75, 3.05) is 13.7 Å². The van der Waals surface area contributed by atoms with Gasteiger partial charge in [0, 0.05) is 20.4 Å². The summed E-state index contributed by atoms with van der Waals surface area (Å²) in [6.45, 7) is -0.620. The molecule has 0 unspecified atom stereocenters. The molecule has 1 aliphatic heterocycles. The first-order chi connectivity index (χ1) is 15.2. The molecule has 0 aromatic heterocycles. The Morgan fingerprint density at radius 2 is 1.83 bits per heavy atom. The topological polar surface area (TPSA) is 99.4 Å². The van der Waals surface area contributed by atoms with Crippen LogP contribution in [-0.4, -0.2) is 58.6 Å². The second kappa shape index (κ2) is 8.55. The Bertz CT molecular complexity index is 965. The van der Waals surface area contributed by atoms with Crippen molar-refractivity contribution in [3.8, 4) is 0 Å². The van der Waals surface area contributed by atoms with Crippen molar-refractivity contribution in [3.63, 3.8) is 0 Å². The molecule has 1 saturated heterocycles. The summed E-state index contributed by atoms with van der Waals surface area (Å²) in [5.41, 5.74) is 1.92. The van der Waals surface area contributed by atoms with Gasteiger partial charge in [-0.1, -0.05) is 41.9 Å². The third kappa shape index (κ3) is 3.89. The van der Waals surface area contributed by atoms with E-state index < -0.39 is 43.2 Å². The van der Waals surface area contributed by atoms with Gasteiger partial charge in [0.1, 0.15) is 24.4 Å². The van der Waals surface area contributed by atoms with Crippen molar-refractivity contribution in [2.45, 2.75) is 55.3 Å². The van der Waals surface area contributed by atoms with E-state index >= 15 is 0 Å². The predicted molar refractivity (Wildman–Crippen MR) is 111 cm³/mol. The summed E-state index contributed by atoms with van der Waals surface area (Å²) in [4.78, 5) is 0. The SMILES string of the molecule is [2H]C([2H])(c1ccc(C2CC2)cc1)c1cc([C@]2(OC)O[C@H](CO)[C@@H](O)[C@H](O)[C@H]2O)ccc1Cl. The third-order valence-corrected chi connectivity index (χ3v) is 6.19. The first-order valence-corrected chi connectivity index (χ1v) is 10.3. The van der Waals surface area contributed by atoms with Crippen LogP contribution >= 0.6 is 11.6 Å². The number of hydrogen-bond donors (Lipinski definition) is 4. The van der Waals surface area contributed by atoms with Crippen LogP contribution in [0.3, 0.4) is 0 Å². The fourth-order valence-corrected chi connectivity index (χ4v) is 4.08. The molecule has 2 aliphatic rings. The summed E-state index contributed by atoms with van der Waals surface area (Å²) in [5.74, 6) is -1.40. The summed E-state index contributed by atoms with van der Waals surface area (Å²) in [6, 6.07) is 11.7. The normalized spacial score (nSPS) is 33.1. The zero-order valence-electron chi connectivity index (χ0n) is 18.5. The van der Waals surface area contributed by atoms with Gasteiger partial charge in [-0.2, -0.15) is 0 Å². The molecule has 5 atom stereocenters. The summed E-state index contributed by atoms with van der Waals surface area (Å²) in [5, 5.41) is 40.9. The highest BCUT2D eigenvalue weighted by Gasteiger charge is 2.55. The molecule has 7 heteroatoms. The van der Waals surface area contributed by atoms with Crippen LogP contribution in [0.5, 0.6) is 0 Å². The number of ether oxygens (including phenoxy) is 2. The van der Waals surface area contributed by atoms with Crippen molar-refractivity contribution < 1.29 is 32.6 Å². The van der Waals surface area contributed by atoms with Gasteiger partial charge in [0.2, 0.25) is 5.79 Å². The lowest BCUT2D eigenvalue weighted by Gasteiger charge is -2.47. The lowest BCUT2D eigenvalue weighted by atomic mass is 9.87. The number of halogens is 1. The van der Waals surface area contributed by atoms with E-state index in [1.807, 2.05) is 12.1 Å². The van der Waals surface area contributed by atoms with Gasteiger partial charge in [-0.25, -0.2) is 0 Å². The second-order valence-electron chi connectivity index (χ2n) is 7.85. The van der Waals surface area contributed by atoms with Crippen molar-refractivity contribution >= 4 is 11.6 Å². The van der Waals surface area contributed by atoms with Crippen molar-refractivity contribution in [1.29, 1.82) is 0 Å². The molecule has 4 rings (SSSR count). The van der Waals surface area contributed by atoms with E-state index in [0.717, 1.165) is 12.8 Å². The predicted octanol–water partition coefficient (Wildman–Crippen LogP) is 2.08. The summed E-state index contributed by atoms with van der Waals surface area (Å²) in [7, 11) is 1.25. The van der Waals surface area contributed by atoms with Crippen LogP contribution in [-0.2, 0) is 21.6 Å². The van der Waals surface area contributed by atoms with Crippen LogP contribution in [0, 0.1) is 0 Å². The lowest BCUT2D eigenvalue weighted by molar-refractivity contribution is -0.366. The highest BCUT2D eigenvalue weighted by molar-refractivity contribution is 6.31. The number of methoxy groups -OCH3 is 1. The Labute approximate surface area is 183 Å². The molecule has 0 radical (unpaired) electrons. The highest BCUT2D eigenvalue weighted by atomic mass is 35.5. The molecule has 1 saturated carbocycles. The number of rotatable bonds is 6. The minimum atomic E-state index is -1.97. The molecule has 1 heterocycles. The monoisotopic (exact) mass is 436 g/mol. The van der Waals surface area contributed by atoms with Crippen LogP contribution in [0.1, 0.15) is 43.8 Å². The summed E-state index contributed by atoms with van der Waals surface area (Å²) in [6.07, 6.45) is -5.79. The Hall–Kier alpha value is -1.51. The Kier molecular flexibility index (Phi) is 5.47. The van der Waals surface area contributed by atoms with E-state index in [4.69, 9.17) is 23.8 Å². The third-order valence-electron chi connectivity index (χ3n) is 5.86. The van der Waals surface area contributed by atoms with Crippen LogP contribution in [0.4, 0.5) is 0 Å². The first-order valence-electron chi connectivity index (χ1n) is 10.9. The molecule has 6 nitrogen and oxygen atoms in total. The van der Waals surface area contributed by atoms with Crippen LogP contribution in [0.2, 0.25) is 5.02 Å². The van der Waals surface area contributed by atoms with E-state index in [9.17, 15) is 20.4 Å². The van der Waals surface area contributed by atoms with E-state index in [0.29, 0.717) is 11.5 Å². The molecule has 0 spiro atoms. The van der Waals surface area contributed by atoms with Crippen molar-refractivity contribution in [1.82, 2.24) is 0 Å². The maximum atomic E-state index is 10.7. The average Bonchev–Trinajstić information content (AvgIpc) is 3.64. The van der Waals surface area contributed by atoms with Gasteiger partial charge in [-0.05, 0) is 54.0 Å². The van der Waals surface area contributed by atoms with Gasteiger partial charge >= 0.3 is 0 Å². The Balaban J connectivity index is 1.75. The van der Waals surface area contributed by atoms with Crippen LogP contribution < -0.4 is 0 Å². The van der Waals surface area contributed by atoms with Gasteiger partial charge in [0.25, 0.3) is 0 Å². The maximum Gasteiger partial charge on any atom is 0.224 e.